The van der Waals surface area contributed by atoms with Gasteiger partial charge in [0.25, 0.3) is 0 Å². The van der Waals surface area contributed by atoms with Gasteiger partial charge in [0.15, 0.2) is 11.5 Å². The summed E-state index contributed by atoms with van der Waals surface area (Å²) in [4.78, 5) is 37.5. The lowest BCUT2D eigenvalue weighted by molar-refractivity contribution is -0.147. The summed E-state index contributed by atoms with van der Waals surface area (Å²) in [5.41, 5.74) is 0.525. The predicted octanol–water partition coefficient (Wildman–Crippen LogP) is 1.28. The Kier molecular flexibility index (Phi) is 4.66. The molecular formula is C16H18N2O5S. The molecular weight excluding hydrogens is 332 g/mol. The van der Waals surface area contributed by atoms with Gasteiger partial charge >= 0.3 is 0 Å². The van der Waals surface area contributed by atoms with Crippen molar-refractivity contribution in [3.05, 3.63) is 18.2 Å². The van der Waals surface area contributed by atoms with E-state index in [1.54, 1.807) is 32.0 Å². The summed E-state index contributed by atoms with van der Waals surface area (Å²) in [6.45, 7) is 4.13. The van der Waals surface area contributed by atoms with E-state index in [-0.39, 0.29) is 28.9 Å². The van der Waals surface area contributed by atoms with Gasteiger partial charge in [0.1, 0.15) is 19.8 Å². The molecule has 3 rings (SSSR count). The molecule has 0 aromatic heterocycles. The van der Waals surface area contributed by atoms with Gasteiger partial charge in [0.05, 0.1) is 10.5 Å². The van der Waals surface area contributed by atoms with Crippen molar-refractivity contribution >= 4 is 35.2 Å². The van der Waals surface area contributed by atoms with Crippen molar-refractivity contribution in [2.75, 3.05) is 25.1 Å². The molecule has 7 nitrogen and oxygen atoms in total. The first-order chi connectivity index (χ1) is 11.5. The number of amides is 3. The molecule has 2 aliphatic heterocycles. The lowest BCUT2D eigenvalue weighted by Gasteiger charge is -2.31. The maximum atomic E-state index is 12.2. The second kappa shape index (κ2) is 6.72. The Morgan fingerprint density at radius 3 is 2.46 bits per heavy atom. The predicted molar refractivity (Wildman–Crippen MR) is 89.3 cm³/mol. The molecule has 8 heteroatoms. The minimum absolute atomic E-state index is 0.290. The van der Waals surface area contributed by atoms with Crippen LogP contribution in [0.1, 0.15) is 13.8 Å². The van der Waals surface area contributed by atoms with Crippen LogP contribution < -0.4 is 14.8 Å². The summed E-state index contributed by atoms with van der Waals surface area (Å²) in [5.74, 6) is 0.0867. The van der Waals surface area contributed by atoms with E-state index in [0.29, 0.717) is 30.4 Å². The van der Waals surface area contributed by atoms with Gasteiger partial charge in [0, 0.05) is 11.8 Å². The highest BCUT2D eigenvalue weighted by Crippen LogP contribution is 2.32. The number of hydrogen-bond acceptors (Lipinski definition) is 6. The zero-order chi connectivity index (χ0) is 17.3. The van der Waals surface area contributed by atoms with E-state index in [2.05, 4.69) is 5.32 Å². The molecule has 1 fully saturated rings. The summed E-state index contributed by atoms with van der Waals surface area (Å²) in [7, 11) is 0. The Balaban J connectivity index is 1.67. The molecule has 24 heavy (non-hydrogen) atoms. The second-order valence-electron chi connectivity index (χ2n) is 5.59. The Bertz CT molecular complexity index is 673. The fraction of sp³-hybridized carbons (Fsp3) is 0.438. The third-order valence-corrected chi connectivity index (χ3v) is 4.98. The normalized spacial score (nSPS) is 23.2. The number of imide groups is 1. The van der Waals surface area contributed by atoms with E-state index in [0.717, 1.165) is 4.90 Å². The molecule has 3 amide bonds. The Morgan fingerprint density at radius 2 is 1.79 bits per heavy atom. The van der Waals surface area contributed by atoms with Crippen LogP contribution >= 0.6 is 11.8 Å². The van der Waals surface area contributed by atoms with E-state index in [9.17, 15) is 14.4 Å². The molecule has 1 saturated heterocycles. The molecule has 1 N–H and O–H groups in total. The third kappa shape index (κ3) is 3.33. The van der Waals surface area contributed by atoms with E-state index in [1.165, 1.54) is 11.8 Å². The van der Waals surface area contributed by atoms with Crippen molar-refractivity contribution < 1.29 is 23.9 Å². The molecule has 2 aliphatic rings. The Morgan fingerprint density at radius 1 is 1.17 bits per heavy atom. The highest BCUT2D eigenvalue weighted by Gasteiger charge is 2.38. The zero-order valence-corrected chi connectivity index (χ0v) is 14.2. The number of rotatable bonds is 3. The van der Waals surface area contributed by atoms with E-state index in [4.69, 9.17) is 9.47 Å². The summed E-state index contributed by atoms with van der Waals surface area (Å²) in [6, 6.07) is 5.06. The minimum atomic E-state index is -0.431. The minimum Gasteiger partial charge on any atom is -0.486 e. The van der Waals surface area contributed by atoms with Crippen LogP contribution in [0.25, 0.3) is 0 Å². The average Bonchev–Trinajstić information content (AvgIpc) is 2.57. The van der Waals surface area contributed by atoms with Gasteiger partial charge in [-0.2, -0.15) is 0 Å². The maximum Gasteiger partial charge on any atom is 0.244 e. The lowest BCUT2D eigenvalue weighted by atomic mass is 10.2. The summed E-state index contributed by atoms with van der Waals surface area (Å²) >= 11 is 1.30. The van der Waals surface area contributed by atoms with Gasteiger partial charge in [-0.05, 0) is 26.0 Å². The van der Waals surface area contributed by atoms with Gasteiger partial charge in [0.2, 0.25) is 17.7 Å². The number of fused-ring (bicyclic) bond motifs is 1. The topological polar surface area (TPSA) is 84.9 Å². The largest absolute Gasteiger partial charge is 0.486 e. The number of carbonyl (C=O) groups is 3. The molecule has 128 valence electrons. The van der Waals surface area contributed by atoms with Crippen LogP contribution in [0.15, 0.2) is 18.2 Å². The van der Waals surface area contributed by atoms with E-state index >= 15 is 0 Å². The Hall–Kier alpha value is -2.22. The number of ether oxygens (including phenoxy) is 2. The fourth-order valence-corrected chi connectivity index (χ4v) is 3.69. The number of nitrogens with one attached hydrogen (secondary N) is 1. The van der Waals surface area contributed by atoms with Crippen molar-refractivity contribution in [2.45, 2.75) is 24.3 Å². The first kappa shape index (κ1) is 16.6. The molecule has 0 radical (unpaired) electrons. The van der Waals surface area contributed by atoms with Crippen LogP contribution in [0.2, 0.25) is 0 Å². The summed E-state index contributed by atoms with van der Waals surface area (Å²) in [5, 5.41) is 2.02. The molecule has 0 bridgehead atoms. The third-order valence-electron chi connectivity index (χ3n) is 3.76. The van der Waals surface area contributed by atoms with E-state index < -0.39 is 5.91 Å². The lowest BCUT2D eigenvalue weighted by Crippen LogP contribution is -2.52. The van der Waals surface area contributed by atoms with Crippen molar-refractivity contribution in [1.29, 1.82) is 0 Å². The molecule has 0 saturated carbocycles. The number of anilines is 1. The van der Waals surface area contributed by atoms with Crippen LogP contribution in [0, 0.1) is 0 Å². The number of nitrogens with zero attached hydrogens (tertiary/aromatic N) is 1. The monoisotopic (exact) mass is 350 g/mol. The summed E-state index contributed by atoms with van der Waals surface area (Å²) < 4.78 is 10.9. The Labute approximate surface area is 143 Å². The average molecular weight is 350 g/mol. The molecule has 0 spiro atoms. The first-order valence-electron chi connectivity index (χ1n) is 7.66. The van der Waals surface area contributed by atoms with Gasteiger partial charge in [-0.15, -0.1) is 11.8 Å². The van der Waals surface area contributed by atoms with Crippen molar-refractivity contribution in [1.82, 2.24) is 4.90 Å². The van der Waals surface area contributed by atoms with Crippen molar-refractivity contribution in [3.8, 4) is 11.5 Å². The number of hydrogen-bond donors (Lipinski definition) is 1. The van der Waals surface area contributed by atoms with Crippen LogP contribution in [0.3, 0.4) is 0 Å². The highest BCUT2D eigenvalue weighted by molar-refractivity contribution is 8.02. The number of benzene rings is 1. The molecule has 0 aliphatic carbocycles. The van der Waals surface area contributed by atoms with Gasteiger partial charge in [-0.1, -0.05) is 0 Å². The van der Waals surface area contributed by atoms with E-state index in [1.807, 2.05) is 0 Å². The van der Waals surface area contributed by atoms with Crippen LogP contribution in [-0.4, -0.2) is 52.9 Å². The maximum absolute atomic E-state index is 12.2. The summed E-state index contributed by atoms with van der Waals surface area (Å²) in [6.07, 6.45) is 0. The van der Waals surface area contributed by atoms with Gasteiger partial charge < -0.3 is 14.8 Å². The molecule has 1 aromatic rings. The first-order valence-corrected chi connectivity index (χ1v) is 8.60. The number of carbonyl (C=O) groups excluding carboxylic acids is 3. The molecule has 2 atom stereocenters. The standard InChI is InChI=1S/C16H18N2O5S/c1-9-15(20)18(16(21)10(2)24-9)8-14(19)17-11-3-4-12-13(7-11)23-6-5-22-12/h3-4,7,9-10H,5-6,8H2,1-2H3,(H,17,19)/t9-,10-/m0/s1. The van der Waals surface area contributed by atoms with Crippen molar-refractivity contribution in [3.63, 3.8) is 0 Å². The molecule has 0 unspecified atom stereocenters. The zero-order valence-electron chi connectivity index (χ0n) is 13.4. The van der Waals surface area contributed by atoms with Crippen LogP contribution in [0.4, 0.5) is 5.69 Å². The smallest absolute Gasteiger partial charge is 0.244 e. The number of thioether (sulfide) groups is 1. The fourth-order valence-electron chi connectivity index (χ4n) is 2.59. The second-order valence-corrected chi connectivity index (χ2v) is 7.28. The van der Waals surface area contributed by atoms with Crippen molar-refractivity contribution in [2.24, 2.45) is 0 Å². The highest BCUT2D eigenvalue weighted by atomic mass is 32.2. The quantitative estimate of drug-likeness (QED) is 0.827. The van der Waals surface area contributed by atoms with Crippen LogP contribution in [0.5, 0.6) is 11.5 Å². The van der Waals surface area contributed by atoms with Gasteiger partial charge in [-0.3, -0.25) is 19.3 Å². The van der Waals surface area contributed by atoms with Gasteiger partial charge in [-0.25, -0.2) is 0 Å². The SMILES string of the molecule is C[C@@H]1S[C@@H](C)C(=O)N(CC(=O)Nc2ccc3c(c2)OCCO3)C1=O. The molecule has 1 aromatic carbocycles. The molecule has 2 heterocycles. The van der Waals surface area contributed by atoms with Crippen LogP contribution in [-0.2, 0) is 14.4 Å².